The van der Waals surface area contributed by atoms with Crippen molar-refractivity contribution in [3.05, 3.63) is 22.2 Å². The van der Waals surface area contributed by atoms with Crippen molar-refractivity contribution in [2.75, 3.05) is 24.7 Å². The van der Waals surface area contributed by atoms with E-state index in [1.807, 2.05) is 0 Å². The van der Waals surface area contributed by atoms with E-state index in [9.17, 15) is 0 Å². The number of hydrogen-bond acceptors (Lipinski definition) is 4. The number of rotatable bonds is 2. The van der Waals surface area contributed by atoms with Gasteiger partial charge in [0.25, 0.3) is 0 Å². The molecule has 0 bridgehead atoms. The number of thioether (sulfide) groups is 1. The monoisotopic (exact) mass is 276 g/mol. The maximum Gasteiger partial charge on any atom is 0.161 e. The number of anilines is 1. The van der Waals surface area contributed by atoms with Crippen LogP contribution in [-0.4, -0.2) is 24.6 Å². The first-order valence-electron chi connectivity index (χ1n) is 4.68. The largest absolute Gasteiger partial charge is 0.495 e. The van der Waals surface area contributed by atoms with E-state index in [1.165, 1.54) is 0 Å². The van der Waals surface area contributed by atoms with Gasteiger partial charge < -0.3 is 10.1 Å². The minimum Gasteiger partial charge on any atom is -0.495 e. The van der Waals surface area contributed by atoms with Crippen molar-refractivity contribution < 1.29 is 4.74 Å². The lowest BCUT2D eigenvalue weighted by molar-refractivity contribution is 0.415. The van der Waals surface area contributed by atoms with Gasteiger partial charge in [0, 0.05) is 11.8 Å². The smallest absolute Gasteiger partial charge is 0.161 e. The van der Waals surface area contributed by atoms with Crippen molar-refractivity contribution in [3.63, 3.8) is 0 Å². The molecular weight excluding hydrogens is 267 g/mol. The number of ether oxygens (including phenoxy) is 1. The molecule has 3 nitrogen and oxygen atoms in total. The Morgan fingerprint density at radius 2 is 2.19 bits per heavy atom. The standard InChI is InChI=1S/C10H10Cl2N2OS/c1-15-9-5-8(6(11)4-7(9)12)14-10-13-2-3-16-10/h4-5H,2-3H2,1H3,(H,13,14). The summed E-state index contributed by atoms with van der Waals surface area (Å²) in [6, 6.07) is 3.43. The first-order valence-corrected chi connectivity index (χ1v) is 6.42. The quantitative estimate of drug-likeness (QED) is 0.898. The highest BCUT2D eigenvalue weighted by Crippen LogP contribution is 2.34. The second-order valence-electron chi connectivity index (χ2n) is 3.13. The molecule has 0 atom stereocenters. The second-order valence-corrected chi connectivity index (χ2v) is 5.02. The minimum absolute atomic E-state index is 0.499. The third kappa shape index (κ3) is 2.56. The van der Waals surface area contributed by atoms with Gasteiger partial charge in [0.1, 0.15) is 5.75 Å². The summed E-state index contributed by atoms with van der Waals surface area (Å²) in [6.07, 6.45) is 0. The molecule has 1 aromatic rings. The van der Waals surface area contributed by atoms with Crippen LogP contribution in [0.5, 0.6) is 5.75 Å². The van der Waals surface area contributed by atoms with Crippen molar-refractivity contribution in [1.29, 1.82) is 0 Å². The molecule has 0 saturated carbocycles. The number of methoxy groups -OCH3 is 1. The third-order valence-electron chi connectivity index (χ3n) is 2.07. The first-order chi connectivity index (χ1) is 7.70. The summed E-state index contributed by atoms with van der Waals surface area (Å²) in [7, 11) is 1.57. The Balaban J connectivity index is 2.25. The van der Waals surface area contributed by atoms with Crippen molar-refractivity contribution in [1.82, 2.24) is 0 Å². The van der Waals surface area contributed by atoms with Crippen molar-refractivity contribution in [2.24, 2.45) is 4.99 Å². The highest BCUT2D eigenvalue weighted by molar-refractivity contribution is 8.14. The Kier molecular flexibility index (Phi) is 3.84. The summed E-state index contributed by atoms with van der Waals surface area (Å²) in [6.45, 7) is 0.843. The highest BCUT2D eigenvalue weighted by atomic mass is 35.5. The lowest BCUT2D eigenvalue weighted by Crippen LogP contribution is -2.05. The molecule has 0 radical (unpaired) electrons. The molecule has 86 valence electrons. The maximum atomic E-state index is 6.07. The fraction of sp³-hybridized carbons (Fsp3) is 0.300. The van der Waals surface area contributed by atoms with E-state index in [0.717, 1.165) is 23.2 Å². The van der Waals surface area contributed by atoms with Crippen molar-refractivity contribution >= 4 is 45.8 Å². The fourth-order valence-electron chi connectivity index (χ4n) is 1.31. The molecule has 1 heterocycles. The molecule has 0 amide bonds. The maximum absolute atomic E-state index is 6.07. The van der Waals surface area contributed by atoms with Gasteiger partial charge in [-0.25, -0.2) is 0 Å². The predicted molar refractivity (Wildman–Crippen MR) is 71.4 cm³/mol. The van der Waals surface area contributed by atoms with Crippen LogP contribution in [-0.2, 0) is 0 Å². The van der Waals surface area contributed by atoms with Gasteiger partial charge in [-0.15, -0.1) is 0 Å². The zero-order valence-corrected chi connectivity index (χ0v) is 10.9. The summed E-state index contributed by atoms with van der Waals surface area (Å²) in [5.41, 5.74) is 0.760. The average Bonchev–Trinajstić information content (AvgIpc) is 2.75. The summed E-state index contributed by atoms with van der Waals surface area (Å²) < 4.78 is 5.13. The van der Waals surface area contributed by atoms with E-state index < -0.39 is 0 Å². The molecule has 1 aliphatic heterocycles. The highest BCUT2D eigenvalue weighted by Gasteiger charge is 2.12. The number of hydrogen-bond donors (Lipinski definition) is 1. The number of nitrogens with zero attached hydrogens (tertiary/aromatic N) is 1. The number of nitrogens with one attached hydrogen (secondary N) is 1. The van der Waals surface area contributed by atoms with Gasteiger partial charge in [-0.3, -0.25) is 4.99 Å². The minimum atomic E-state index is 0.499. The SMILES string of the molecule is COc1cc(NC2=NCCS2)c(Cl)cc1Cl. The van der Waals surface area contributed by atoms with Gasteiger partial charge in [0.05, 0.1) is 29.4 Å². The molecule has 16 heavy (non-hydrogen) atoms. The molecule has 2 rings (SSSR count). The van der Waals surface area contributed by atoms with E-state index in [4.69, 9.17) is 27.9 Å². The topological polar surface area (TPSA) is 33.6 Å². The van der Waals surface area contributed by atoms with Gasteiger partial charge in [0.2, 0.25) is 0 Å². The third-order valence-corrected chi connectivity index (χ3v) is 3.57. The van der Waals surface area contributed by atoms with Crippen LogP contribution in [0, 0.1) is 0 Å². The Morgan fingerprint density at radius 3 is 2.81 bits per heavy atom. The van der Waals surface area contributed by atoms with Crippen LogP contribution >= 0.6 is 35.0 Å². The Hall–Kier alpha value is -0.580. The van der Waals surface area contributed by atoms with Crippen molar-refractivity contribution in [2.45, 2.75) is 0 Å². The van der Waals surface area contributed by atoms with Gasteiger partial charge >= 0.3 is 0 Å². The molecule has 0 unspecified atom stereocenters. The van der Waals surface area contributed by atoms with Crippen LogP contribution in [0.25, 0.3) is 0 Å². The van der Waals surface area contributed by atoms with Gasteiger partial charge in [0.15, 0.2) is 5.17 Å². The average molecular weight is 277 g/mol. The summed E-state index contributed by atoms with van der Waals surface area (Å²) in [5, 5.41) is 5.09. The molecule has 0 saturated heterocycles. The van der Waals surface area contributed by atoms with Crippen LogP contribution < -0.4 is 10.1 Å². The number of halogens is 2. The van der Waals surface area contributed by atoms with Crippen LogP contribution in [0.15, 0.2) is 17.1 Å². The van der Waals surface area contributed by atoms with Crippen LogP contribution in [0.2, 0.25) is 10.0 Å². The molecule has 6 heteroatoms. The zero-order chi connectivity index (χ0) is 11.5. The van der Waals surface area contributed by atoms with E-state index in [-0.39, 0.29) is 0 Å². The number of benzene rings is 1. The van der Waals surface area contributed by atoms with E-state index in [0.29, 0.717) is 15.8 Å². The van der Waals surface area contributed by atoms with Crippen LogP contribution in [0.1, 0.15) is 0 Å². The molecule has 1 aromatic carbocycles. The van der Waals surface area contributed by atoms with Crippen molar-refractivity contribution in [3.8, 4) is 5.75 Å². The normalized spacial score (nSPS) is 14.8. The van der Waals surface area contributed by atoms with Gasteiger partial charge in [-0.2, -0.15) is 0 Å². The summed E-state index contributed by atoms with van der Waals surface area (Å²) in [4.78, 5) is 4.29. The second kappa shape index (κ2) is 5.17. The van der Waals surface area contributed by atoms with Crippen LogP contribution in [0.4, 0.5) is 5.69 Å². The Morgan fingerprint density at radius 1 is 1.38 bits per heavy atom. The van der Waals surface area contributed by atoms with Gasteiger partial charge in [-0.1, -0.05) is 35.0 Å². The lowest BCUT2D eigenvalue weighted by atomic mass is 10.3. The summed E-state index contributed by atoms with van der Waals surface area (Å²) >= 11 is 13.7. The Bertz CT molecular complexity index is 437. The molecular formula is C10H10Cl2N2OS. The van der Waals surface area contributed by atoms with Crippen LogP contribution in [0.3, 0.4) is 0 Å². The Labute approximate surface area is 108 Å². The predicted octanol–water partition coefficient (Wildman–Crippen LogP) is 3.52. The molecule has 1 aliphatic rings. The fourth-order valence-corrected chi connectivity index (χ4v) is 2.56. The molecule has 0 fully saturated rings. The number of amidine groups is 1. The zero-order valence-electron chi connectivity index (χ0n) is 8.59. The molecule has 0 aromatic heterocycles. The first kappa shape index (κ1) is 11.9. The summed E-state index contributed by atoms with van der Waals surface area (Å²) in [5.74, 6) is 1.60. The molecule has 0 aliphatic carbocycles. The van der Waals surface area contributed by atoms with E-state index in [1.54, 1.807) is 31.0 Å². The van der Waals surface area contributed by atoms with E-state index in [2.05, 4.69) is 10.3 Å². The van der Waals surface area contributed by atoms with Gasteiger partial charge in [-0.05, 0) is 6.07 Å². The molecule has 0 spiro atoms. The molecule has 1 N–H and O–H groups in total. The number of aliphatic imine (C=N–C) groups is 1. The van der Waals surface area contributed by atoms with E-state index >= 15 is 0 Å². The lowest BCUT2D eigenvalue weighted by Gasteiger charge is -2.10.